The van der Waals surface area contributed by atoms with Gasteiger partial charge in [0.1, 0.15) is 53.5 Å². The summed E-state index contributed by atoms with van der Waals surface area (Å²) < 4.78 is 46.3. The molecular weight excluding hydrogens is 1930 g/mol. The topological polar surface area (TPSA) is 443 Å². The van der Waals surface area contributed by atoms with E-state index >= 15 is 0 Å². The Labute approximate surface area is 846 Å². The summed E-state index contributed by atoms with van der Waals surface area (Å²) in [7, 11) is 4.73. The number of thiazole rings is 5. The number of rotatable bonds is 23. The number of nitrogens with zero attached hydrogens (tertiary/aromatic N) is 20. The number of hydrogen-bond acceptors (Lipinski definition) is 37. The number of hydrogen-bond donors (Lipinski definition) is 10. The second-order valence-corrected chi connectivity index (χ2v) is 45.7. The second kappa shape index (κ2) is 44.3. The third kappa shape index (κ3) is 25.5. The Morgan fingerprint density at radius 2 is 0.599 bits per heavy atom. The molecule has 35 nitrogen and oxygen atoms in total. The monoisotopic (exact) mass is 2040 g/mol. The van der Waals surface area contributed by atoms with Gasteiger partial charge in [0.25, 0.3) is 0 Å². The number of nitrogens with two attached hydrogens (primary N) is 2. The van der Waals surface area contributed by atoms with Gasteiger partial charge in [0.15, 0.2) is 0 Å². The Kier molecular flexibility index (Phi) is 31.1. The van der Waals surface area contributed by atoms with Crippen molar-refractivity contribution in [2.24, 2.45) is 10.3 Å². The number of nitrogens with one attached hydrogen (secondary N) is 8. The number of anilines is 11. The van der Waals surface area contributed by atoms with Gasteiger partial charge in [0, 0.05) is 168 Å². The quantitative estimate of drug-likeness (QED) is 0.0284. The number of fused-ring (bicyclic) bond motifs is 15. The molecule has 0 radical (unpaired) electrons. The fraction of sp³-hybridized carbons (Fsp3) is 0.340. The Bertz CT molecular complexity index is 7350. The summed E-state index contributed by atoms with van der Waals surface area (Å²) in [6, 6.07) is 32.8. The molecule has 10 aromatic heterocycles. The lowest BCUT2D eigenvalue weighted by atomic mass is 10.00. The summed E-state index contributed by atoms with van der Waals surface area (Å²) in [6.07, 6.45) is 19.1. The summed E-state index contributed by atoms with van der Waals surface area (Å²) in [5, 5.41) is 41.8. The van der Waals surface area contributed by atoms with Gasteiger partial charge in [0.2, 0.25) is 55.7 Å². The van der Waals surface area contributed by atoms with Crippen LogP contribution in [0.1, 0.15) is 106 Å². The third-order valence-electron chi connectivity index (χ3n) is 24.0. The fourth-order valence-electron chi connectivity index (χ4n) is 17.7. The first-order valence-corrected chi connectivity index (χ1v) is 54.2. The molecule has 736 valence electrons. The van der Waals surface area contributed by atoms with E-state index in [9.17, 15) is 21.6 Å². The molecule has 0 spiro atoms. The summed E-state index contributed by atoms with van der Waals surface area (Å²) in [6.45, 7) is 22.6. The van der Waals surface area contributed by atoms with Gasteiger partial charge in [-0.05, 0) is 263 Å². The molecule has 42 heteroatoms. The zero-order valence-electron chi connectivity index (χ0n) is 81.0. The molecule has 15 aromatic rings. The van der Waals surface area contributed by atoms with Crippen molar-refractivity contribution in [1.82, 2.24) is 110 Å². The van der Waals surface area contributed by atoms with Gasteiger partial charge in [-0.25, -0.2) is 102 Å². The van der Waals surface area contributed by atoms with Crippen LogP contribution in [-0.4, -0.2) is 217 Å². The van der Waals surface area contributed by atoms with E-state index in [0.717, 1.165) is 266 Å². The molecule has 5 aliphatic carbocycles. The van der Waals surface area contributed by atoms with E-state index in [-0.39, 0.29) is 15.7 Å². The number of benzene rings is 5. The molecule has 0 bridgehead atoms. The summed E-state index contributed by atoms with van der Waals surface area (Å²) >= 11 is 8.93. The molecular formula is C100H114N30O5S7. The van der Waals surface area contributed by atoms with Crippen LogP contribution in [0.15, 0.2) is 150 Å². The predicted molar refractivity (Wildman–Crippen MR) is 566 cm³/mol. The summed E-state index contributed by atoms with van der Waals surface area (Å²) in [4.78, 5) is 99.7. The number of piperazine rings is 2. The SMILES string of the molecule is CC(=O)Nc1cccc(Nc2ncc3c(n2)-c2nc(CN(C)C)sc2CC3)c1.CN(C)Cc1nc2c(s1)CCc1cnc(Nc3cccc(S(N)(=O)=O)c3)nc1-2.Cc1cc(C)cc(Nc2ncc3c(n2)-c2nc(CN(C)C)sc2CC3)c1.Cc1cc(C)cc(Nc2ncc3c(n2)-c2nc(CN4CCNCC4)sc2CC3)c1.NS(=O)(=O)c1cccc(Nc2ncc3c(n2)-c2nc(CN4CCNCC4)sc2CC3)c1. The molecule has 12 heterocycles. The van der Waals surface area contributed by atoms with Crippen molar-refractivity contribution in [3.8, 4) is 56.9 Å². The van der Waals surface area contributed by atoms with E-state index in [0.29, 0.717) is 41.1 Å². The molecule has 0 saturated carbocycles. The lowest BCUT2D eigenvalue weighted by Gasteiger charge is -2.26. The van der Waals surface area contributed by atoms with Crippen molar-refractivity contribution < 1.29 is 21.6 Å². The first-order chi connectivity index (χ1) is 68.3. The van der Waals surface area contributed by atoms with E-state index < -0.39 is 20.0 Å². The van der Waals surface area contributed by atoms with E-state index in [1.807, 2.05) is 106 Å². The van der Waals surface area contributed by atoms with Crippen molar-refractivity contribution >= 4 is 147 Å². The highest BCUT2D eigenvalue weighted by molar-refractivity contribution is 7.89. The number of carbonyl (C=O) groups is 1. The van der Waals surface area contributed by atoms with Crippen LogP contribution in [-0.2, 0) is 122 Å². The minimum Gasteiger partial charge on any atom is -0.326 e. The van der Waals surface area contributed by atoms with E-state index in [4.69, 9.17) is 55.1 Å². The first-order valence-electron chi connectivity index (χ1n) is 47.0. The molecule has 1 amide bonds. The Morgan fingerprint density at radius 3 is 0.880 bits per heavy atom. The molecule has 22 rings (SSSR count). The molecule has 0 unspecified atom stereocenters. The van der Waals surface area contributed by atoms with Crippen molar-refractivity contribution in [3.05, 3.63) is 240 Å². The molecule has 142 heavy (non-hydrogen) atoms. The third-order valence-corrected chi connectivity index (χ3v) is 31.3. The van der Waals surface area contributed by atoms with Crippen LogP contribution in [0.25, 0.3) is 56.9 Å². The van der Waals surface area contributed by atoms with Gasteiger partial charge in [-0.1, -0.05) is 30.3 Å². The molecule has 7 aliphatic rings. The molecule has 5 aromatic carbocycles. The standard InChI is InChI=1S/C22H26N6S.C20H23N7O2S2.C20H22N6OS.C20H23N5S.C18H20N6O2S2/c1-14-9-15(2)11-17(10-14)25-22-24-12-16-3-4-18-21(20(16)27-22)26-19(29-18)13-28-7-5-23-6-8-28;21-31(28,29)15-3-1-2-14(10-15)24-20-23-11-13-4-5-16-19(18(13)26-20)25-17(30-16)12-27-8-6-22-7-9-27;1-12(27)22-14-5-4-6-15(9-14)23-20-21-10-13-7-8-16-19(18(13)25-20)24-17(28-16)11-26(2)3;1-12-7-13(2)9-15(8-12)22-20-21-10-14-5-6-16-19(18(14)24-20)23-17(26-16)11-25(3)4;1-24(2)10-15-22-17-14(27-15)7-6-11-9-20-18(23-16(11)17)21-12-4-3-5-13(8-12)28(19,25)26/h9-12,23H,3-8,13H2,1-2H3,(H,24,25,27);1-3,10-11,22H,4-9,12H2,(H2,21,28,29)(H,23,24,26);4-6,9-10H,7-8,11H2,1-3H3,(H,22,27)(H,21,23,25);7-10H,5-6,11H2,1-4H3,(H,21,22,24);3-5,8-9H,6-7,10H2,1-2H3,(H2,19,25,26)(H,20,21,23). The van der Waals surface area contributed by atoms with Crippen LogP contribution >= 0.6 is 56.7 Å². The molecule has 2 saturated heterocycles. The normalized spacial score (nSPS) is 14.4. The highest BCUT2D eigenvalue weighted by Gasteiger charge is 2.31. The fourth-order valence-corrected chi connectivity index (χ4v) is 24.6. The number of sulfonamides is 2. The van der Waals surface area contributed by atoms with Gasteiger partial charge in [-0.2, -0.15) is 0 Å². The zero-order valence-corrected chi connectivity index (χ0v) is 86.8. The lowest BCUT2D eigenvalue weighted by molar-refractivity contribution is -0.114. The number of primary sulfonamides is 2. The maximum Gasteiger partial charge on any atom is 0.238 e. The summed E-state index contributed by atoms with van der Waals surface area (Å²) in [5.74, 6) is 2.47. The minimum absolute atomic E-state index is 0.0329. The number of aromatic nitrogens is 15. The van der Waals surface area contributed by atoms with Crippen molar-refractivity contribution in [3.63, 3.8) is 0 Å². The first kappa shape index (κ1) is 99.8. The largest absolute Gasteiger partial charge is 0.326 e. The van der Waals surface area contributed by atoms with Gasteiger partial charge in [-0.3, -0.25) is 14.6 Å². The van der Waals surface area contributed by atoms with Crippen LogP contribution in [0.5, 0.6) is 0 Å². The van der Waals surface area contributed by atoms with E-state index in [2.05, 4.69) is 175 Å². The second-order valence-electron chi connectivity index (χ2n) is 36.8. The highest BCUT2D eigenvalue weighted by atomic mass is 32.2. The highest BCUT2D eigenvalue weighted by Crippen LogP contribution is 2.43. The number of aryl methyl sites for hydroxylation is 14. The van der Waals surface area contributed by atoms with Gasteiger partial charge in [0.05, 0.1) is 51.4 Å². The van der Waals surface area contributed by atoms with Crippen molar-refractivity contribution in [2.75, 3.05) is 127 Å². The van der Waals surface area contributed by atoms with Crippen LogP contribution in [0, 0.1) is 27.7 Å². The van der Waals surface area contributed by atoms with E-state index in [1.165, 1.54) is 94.0 Å². The van der Waals surface area contributed by atoms with Gasteiger partial charge >= 0.3 is 0 Å². The molecule has 0 atom stereocenters. The zero-order chi connectivity index (χ0) is 99.0. The Balaban J connectivity index is 0.000000117. The predicted octanol–water partition coefficient (Wildman–Crippen LogP) is 14.7. The molecule has 2 aliphatic heterocycles. The average Bonchev–Trinajstić information content (AvgIpc) is 1.63. The number of amides is 1. The van der Waals surface area contributed by atoms with Crippen LogP contribution in [0.4, 0.5) is 63.9 Å². The Hall–Kier alpha value is -12.3. The number of carbonyl (C=O) groups excluding carboxylic acids is 1. The van der Waals surface area contributed by atoms with Gasteiger partial charge in [-0.15, -0.1) is 56.7 Å². The smallest absolute Gasteiger partial charge is 0.238 e. The van der Waals surface area contributed by atoms with Gasteiger partial charge < -0.3 is 57.2 Å². The van der Waals surface area contributed by atoms with Crippen molar-refractivity contribution in [1.29, 1.82) is 0 Å². The van der Waals surface area contributed by atoms with Crippen LogP contribution in [0.2, 0.25) is 0 Å². The maximum absolute atomic E-state index is 11.6. The van der Waals surface area contributed by atoms with Crippen molar-refractivity contribution in [2.45, 2.75) is 141 Å². The van der Waals surface area contributed by atoms with Crippen LogP contribution < -0.4 is 52.8 Å². The minimum atomic E-state index is -3.78. The molecule has 12 N–H and O–H groups in total. The maximum atomic E-state index is 11.6. The van der Waals surface area contributed by atoms with E-state index in [1.54, 1.807) is 58.3 Å². The van der Waals surface area contributed by atoms with Crippen LogP contribution in [0.3, 0.4) is 0 Å². The summed E-state index contributed by atoms with van der Waals surface area (Å²) in [5.41, 5.74) is 24.8. The Morgan fingerprint density at radius 1 is 0.338 bits per heavy atom. The average molecular weight is 2040 g/mol. The molecule has 2 fully saturated rings. The lowest BCUT2D eigenvalue weighted by Crippen LogP contribution is -2.42.